The van der Waals surface area contributed by atoms with Crippen molar-refractivity contribution in [3.63, 3.8) is 0 Å². The minimum atomic E-state index is -0.749. The van der Waals surface area contributed by atoms with E-state index in [1.165, 1.54) is 0 Å². The molecule has 120 valence electrons. The monoisotopic (exact) mass is 374 g/mol. The zero-order valence-corrected chi connectivity index (χ0v) is 14.3. The number of rotatable bonds is 4. The maximum atomic E-state index is 11.7. The highest BCUT2D eigenvalue weighted by Crippen LogP contribution is 2.34. The van der Waals surface area contributed by atoms with Gasteiger partial charge in [-0.15, -0.1) is 0 Å². The summed E-state index contributed by atoms with van der Waals surface area (Å²) in [5, 5.41) is 9.63. The van der Waals surface area contributed by atoms with Gasteiger partial charge in [0.15, 0.2) is 0 Å². The van der Waals surface area contributed by atoms with Crippen LogP contribution in [0.1, 0.15) is 36.6 Å². The van der Waals surface area contributed by atoms with Gasteiger partial charge in [0.2, 0.25) is 0 Å². The summed E-state index contributed by atoms with van der Waals surface area (Å²) in [6, 6.07) is 13.2. The van der Waals surface area contributed by atoms with E-state index in [1.54, 1.807) is 6.20 Å². The Bertz CT molecular complexity index is 678. The Morgan fingerprint density at radius 3 is 2.83 bits per heavy atom. The maximum absolute atomic E-state index is 11.7. The molecule has 2 unspecified atom stereocenters. The van der Waals surface area contributed by atoms with E-state index in [2.05, 4.69) is 25.8 Å². The van der Waals surface area contributed by atoms with E-state index in [1.807, 2.05) is 42.5 Å². The van der Waals surface area contributed by atoms with Crippen LogP contribution in [0.3, 0.4) is 0 Å². The van der Waals surface area contributed by atoms with E-state index in [4.69, 9.17) is 0 Å². The number of likely N-dealkylation sites (tertiary alicyclic amines) is 1. The van der Waals surface area contributed by atoms with Crippen molar-refractivity contribution in [2.45, 2.75) is 31.3 Å². The SMILES string of the molecule is O=C(O)C1CCCCN1C(c1cccc(Br)c1)c1ccccn1. The molecule has 2 heterocycles. The summed E-state index contributed by atoms with van der Waals surface area (Å²) in [7, 11) is 0. The topological polar surface area (TPSA) is 53.4 Å². The number of benzene rings is 1. The number of carboxylic acids is 1. The average molecular weight is 375 g/mol. The molecule has 0 bridgehead atoms. The summed E-state index contributed by atoms with van der Waals surface area (Å²) in [5.74, 6) is -0.749. The summed E-state index contributed by atoms with van der Waals surface area (Å²) in [6.45, 7) is 0.769. The van der Waals surface area contributed by atoms with E-state index in [0.717, 1.165) is 35.1 Å². The maximum Gasteiger partial charge on any atom is 0.320 e. The zero-order chi connectivity index (χ0) is 16.2. The lowest BCUT2D eigenvalue weighted by Gasteiger charge is -2.39. The molecular formula is C18H19BrN2O2. The van der Waals surface area contributed by atoms with E-state index in [9.17, 15) is 9.90 Å². The van der Waals surface area contributed by atoms with E-state index >= 15 is 0 Å². The third-order valence-corrected chi connectivity index (χ3v) is 4.79. The molecule has 0 radical (unpaired) electrons. The van der Waals surface area contributed by atoms with Crippen LogP contribution >= 0.6 is 15.9 Å². The summed E-state index contributed by atoms with van der Waals surface area (Å²) in [5.41, 5.74) is 1.95. The van der Waals surface area contributed by atoms with Gasteiger partial charge >= 0.3 is 5.97 Å². The first-order valence-corrected chi connectivity index (χ1v) is 8.61. The fraction of sp³-hybridized carbons (Fsp3) is 0.333. The molecular weight excluding hydrogens is 356 g/mol. The molecule has 1 aliphatic rings. The normalized spacial score (nSPS) is 20.1. The van der Waals surface area contributed by atoms with Gasteiger partial charge in [-0.25, -0.2) is 0 Å². The molecule has 0 spiro atoms. The van der Waals surface area contributed by atoms with Crippen LogP contribution in [0.5, 0.6) is 0 Å². The first-order valence-electron chi connectivity index (χ1n) is 7.82. The first-order chi connectivity index (χ1) is 11.2. The van der Waals surface area contributed by atoms with Crippen molar-refractivity contribution in [2.24, 2.45) is 0 Å². The van der Waals surface area contributed by atoms with Gasteiger partial charge in [-0.05, 0) is 49.2 Å². The van der Waals surface area contributed by atoms with Crippen LogP contribution < -0.4 is 0 Å². The molecule has 2 atom stereocenters. The Morgan fingerprint density at radius 2 is 2.13 bits per heavy atom. The van der Waals surface area contributed by atoms with Crippen molar-refractivity contribution in [1.82, 2.24) is 9.88 Å². The number of carbonyl (C=O) groups is 1. The van der Waals surface area contributed by atoms with Crippen molar-refractivity contribution in [3.05, 3.63) is 64.4 Å². The molecule has 0 amide bonds. The van der Waals surface area contributed by atoms with E-state index < -0.39 is 12.0 Å². The molecule has 5 heteroatoms. The Morgan fingerprint density at radius 1 is 1.26 bits per heavy atom. The van der Waals surface area contributed by atoms with Gasteiger partial charge in [-0.3, -0.25) is 14.7 Å². The van der Waals surface area contributed by atoms with Gasteiger partial charge in [0.1, 0.15) is 6.04 Å². The molecule has 23 heavy (non-hydrogen) atoms. The molecule has 0 saturated carbocycles. The first kappa shape index (κ1) is 16.1. The second-order valence-corrected chi connectivity index (χ2v) is 6.72. The van der Waals surface area contributed by atoms with Gasteiger partial charge in [-0.1, -0.05) is 40.5 Å². The summed E-state index contributed by atoms with van der Waals surface area (Å²) in [6.07, 6.45) is 4.43. The molecule has 3 rings (SSSR count). The lowest BCUT2D eigenvalue weighted by Crippen LogP contribution is -2.47. The molecule has 1 aliphatic heterocycles. The second kappa shape index (κ2) is 7.23. The van der Waals surface area contributed by atoms with Gasteiger partial charge in [0.05, 0.1) is 11.7 Å². The van der Waals surface area contributed by atoms with Crippen molar-refractivity contribution in [2.75, 3.05) is 6.54 Å². The lowest BCUT2D eigenvalue weighted by molar-refractivity contribution is -0.145. The number of halogens is 1. The highest BCUT2D eigenvalue weighted by atomic mass is 79.9. The van der Waals surface area contributed by atoms with Crippen molar-refractivity contribution in [3.8, 4) is 0 Å². The molecule has 2 aromatic rings. The summed E-state index contributed by atoms with van der Waals surface area (Å²) in [4.78, 5) is 18.3. The Hall–Kier alpha value is -1.72. The molecule has 4 nitrogen and oxygen atoms in total. The third-order valence-electron chi connectivity index (χ3n) is 4.29. The molecule has 1 fully saturated rings. The number of hydrogen-bond acceptors (Lipinski definition) is 3. The van der Waals surface area contributed by atoms with Crippen LogP contribution in [0.25, 0.3) is 0 Å². The van der Waals surface area contributed by atoms with Gasteiger partial charge < -0.3 is 5.11 Å². The number of pyridine rings is 1. The molecule has 0 aliphatic carbocycles. The van der Waals surface area contributed by atoms with E-state index in [0.29, 0.717) is 6.42 Å². The predicted octanol–water partition coefficient (Wildman–Crippen LogP) is 3.87. The zero-order valence-electron chi connectivity index (χ0n) is 12.7. The van der Waals surface area contributed by atoms with Crippen molar-refractivity contribution >= 4 is 21.9 Å². The van der Waals surface area contributed by atoms with Crippen LogP contribution in [0, 0.1) is 0 Å². The summed E-state index contributed by atoms with van der Waals surface area (Å²) >= 11 is 3.52. The van der Waals surface area contributed by atoms with Crippen LogP contribution in [-0.4, -0.2) is 33.5 Å². The smallest absolute Gasteiger partial charge is 0.320 e. The van der Waals surface area contributed by atoms with Crippen LogP contribution in [0.15, 0.2) is 53.1 Å². The fourth-order valence-electron chi connectivity index (χ4n) is 3.27. The number of carboxylic acid groups (broad SMARTS) is 1. The lowest BCUT2D eigenvalue weighted by atomic mass is 9.94. The van der Waals surface area contributed by atoms with Crippen LogP contribution in [-0.2, 0) is 4.79 Å². The number of nitrogens with zero attached hydrogens (tertiary/aromatic N) is 2. The third kappa shape index (κ3) is 3.62. The standard InChI is InChI=1S/C18H19BrN2O2/c19-14-7-5-6-13(12-14)17(15-8-1-3-10-20-15)21-11-4-2-9-16(21)18(22)23/h1,3,5-8,10,12,16-17H,2,4,9,11H2,(H,22,23). The number of piperidine rings is 1. The largest absolute Gasteiger partial charge is 0.480 e. The molecule has 1 saturated heterocycles. The van der Waals surface area contributed by atoms with Gasteiger partial charge in [0.25, 0.3) is 0 Å². The Labute approximate surface area is 144 Å². The molecule has 1 aromatic heterocycles. The number of aliphatic carboxylic acids is 1. The predicted molar refractivity (Wildman–Crippen MR) is 92.2 cm³/mol. The highest BCUT2D eigenvalue weighted by Gasteiger charge is 2.35. The minimum Gasteiger partial charge on any atom is -0.480 e. The summed E-state index contributed by atoms with van der Waals surface area (Å²) < 4.78 is 0.986. The quantitative estimate of drug-likeness (QED) is 0.882. The van der Waals surface area contributed by atoms with Gasteiger partial charge in [-0.2, -0.15) is 0 Å². The minimum absolute atomic E-state index is 0.143. The number of aromatic nitrogens is 1. The molecule has 1 aromatic carbocycles. The van der Waals surface area contributed by atoms with Crippen LogP contribution in [0.2, 0.25) is 0 Å². The van der Waals surface area contributed by atoms with Crippen molar-refractivity contribution < 1.29 is 9.90 Å². The second-order valence-electron chi connectivity index (χ2n) is 5.80. The number of hydrogen-bond donors (Lipinski definition) is 1. The van der Waals surface area contributed by atoms with E-state index in [-0.39, 0.29) is 6.04 Å². The van der Waals surface area contributed by atoms with Crippen LogP contribution in [0.4, 0.5) is 0 Å². The average Bonchev–Trinajstić information content (AvgIpc) is 2.56. The highest BCUT2D eigenvalue weighted by molar-refractivity contribution is 9.10. The molecule has 1 N–H and O–H groups in total. The Kier molecular flexibility index (Phi) is 5.08. The van der Waals surface area contributed by atoms with Crippen molar-refractivity contribution in [1.29, 1.82) is 0 Å². The Balaban J connectivity index is 2.06. The van der Waals surface area contributed by atoms with Gasteiger partial charge in [0, 0.05) is 10.7 Å². The fourth-order valence-corrected chi connectivity index (χ4v) is 3.69.